The first kappa shape index (κ1) is 19.2. The average Bonchev–Trinajstić information content (AvgIpc) is 2.45. The molecule has 1 aliphatic heterocycles. The predicted molar refractivity (Wildman–Crippen MR) is 90.2 cm³/mol. The lowest BCUT2D eigenvalue weighted by Crippen LogP contribution is -2.45. The molecule has 2 N–H and O–H groups in total. The van der Waals surface area contributed by atoms with Gasteiger partial charge in [-0.05, 0) is 20.8 Å². The number of nitrogens with one attached hydrogen (secondary N) is 2. The van der Waals surface area contributed by atoms with Crippen molar-refractivity contribution in [2.45, 2.75) is 25.5 Å². The fourth-order valence-corrected chi connectivity index (χ4v) is 2.18. The molecule has 0 aromatic rings. The van der Waals surface area contributed by atoms with Crippen molar-refractivity contribution in [1.82, 2.24) is 15.5 Å². The summed E-state index contributed by atoms with van der Waals surface area (Å²) in [6.07, 6.45) is 1.25. The van der Waals surface area contributed by atoms with E-state index in [2.05, 4.69) is 20.5 Å². The van der Waals surface area contributed by atoms with Crippen LogP contribution in [0.4, 0.5) is 0 Å². The quantitative estimate of drug-likeness (QED) is 0.491. The zero-order valence-corrected chi connectivity index (χ0v) is 15.0. The summed E-state index contributed by atoms with van der Waals surface area (Å²) < 4.78 is 27.9. The maximum absolute atomic E-state index is 11.7. The van der Waals surface area contributed by atoms with Crippen molar-refractivity contribution in [3.63, 3.8) is 0 Å². The number of rotatable bonds is 7. The molecule has 0 unspecified atom stereocenters. The number of ether oxygens (including phenoxy) is 1. The highest BCUT2D eigenvalue weighted by Gasteiger charge is 2.29. The van der Waals surface area contributed by atoms with Crippen molar-refractivity contribution in [3.05, 3.63) is 0 Å². The topological polar surface area (TPSA) is 83.0 Å². The van der Waals surface area contributed by atoms with Gasteiger partial charge in [0.05, 0.1) is 24.5 Å². The molecular formula is C14H30N4O3S. The number of guanidine groups is 1. The van der Waals surface area contributed by atoms with Crippen molar-refractivity contribution >= 4 is 15.8 Å². The maximum Gasteiger partial charge on any atom is 0.191 e. The molecule has 0 amide bonds. The van der Waals surface area contributed by atoms with Crippen LogP contribution in [0.15, 0.2) is 4.99 Å². The number of hydrogen-bond acceptors (Lipinski definition) is 5. The molecule has 22 heavy (non-hydrogen) atoms. The zero-order chi connectivity index (χ0) is 16.6. The van der Waals surface area contributed by atoms with E-state index in [4.69, 9.17) is 4.74 Å². The summed E-state index contributed by atoms with van der Waals surface area (Å²) in [7, 11) is -3.14. The summed E-state index contributed by atoms with van der Waals surface area (Å²) >= 11 is 0. The molecule has 7 nitrogen and oxygen atoms in total. The van der Waals surface area contributed by atoms with Crippen LogP contribution in [0, 0.1) is 0 Å². The maximum atomic E-state index is 11.7. The van der Waals surface area contributed by atoms with Crippen LogP contribution >= 0.6 is 0 Å². The van der Waals surface area contributed by atoms with E-state index in [0.717, 1.165) is 45.9 Å². The van der Waals surface area contributed by atoms with E-state index in [1.54, 1.807) is 13.8 Å². The summed E-state index contributed by atoms with van der Waals surface area (Å²) in [4.78, 5) is 6.74. The molecular weight excluding hydrogens is 304 g/mol. The van der Waals surface area contributed by atoms with Gasteiger partial charge in [-0.1, -0.05) is 0 Å². The molecule has 130 valence electrons. The van der Waals surface area contributed by atoms with Gasteiger partial charge in [-0.2, -0.15) is 0 Å². The van der Waals surface area contributed by atoms with Crippen LogP contribution < -0.4 is 10.6 Å². The zero-order valence-electron chi connectivity index (χ0n) is 14.2. The van der Waals surface area contributed by atoms with Crippen LogP contribution in [-0.4, -0.2) is 82.8 Å². The van der Waals surface area contributed by atoms with Gasteiger partial charge in [0.2, 0.25) is 0 Å². The third-order valence-corrected chi connectivity index (χ3v) is 5.93. The second-order valence-corrected chi connectivity index (χ2v) is 8.76. The number of morpholine rings is 1. The summed E-state index contributed by atoms with van der Waals surface area (Å²) in [6.45, 7) is 11.5. The van der Waals surface area contributed by atoms with Gasteiger partial charge in [0.15, 0.2) is 15.8 Å². The Morgan fingerprint density at radius 1 is 1.27 bits per heavy atom. The van der Waals surface area contributed by atoms with Crippen molar-refractivity contribution < 1.29 is 13.2 Å². The van der Waals surface area contributed by atoms with E-state index >= 15 is 0 Å². The molecule has 0 radical (unpaired) electrons. The fourth-order valence-electron chi connectivity index (χ4n) is 1.89. The minimum atomic E-state index is -3.14. The minimum absolute atomic E-state index is 0.235. The van der Waals surface area contributed by atoms with E-state index in [0.29, 0.717) is 5.96 Å². The van der Waals surface area contributed by atoms with E-state index in [1.165, 1.54) is 6.26 Å². The molecule has 0 bridgehead atoms. The van der Waals surface area contributed by atoms with Gasteiger partial charge in [-0.3, -0.25) is 9.89 Å². The van der Waals surface area contributed by atoms with Gasteiger partial charge < -0.3 is 15.4 Å². The molecule has 1 saturated heterocycles. The number of sulfone groups is 1. The van der Waals surface area contributed by atoms with E-state index in [-0.39, 0.29) is 6.54 Å². The molecule has 0 aliphatic carbocycles. The third-order valence-electron chi connectivity index (χ3n) is 3.79. The largest absolute Gasteiger partial charge is 0.379 e. The number of hydrogen-bond donors (Lipinski definition) is 2. The number of aliphatic imine (C=N–C) groups is 1. The van der Waals surface area contributed by atoms with Crippen molar-refractivity contribution in [3.8, 4) is 0 Å². The Morgan fingerprint density at radius 3 is 2.45 bits per heavy atom. The summed E-state index contributed by atoms with van der Waals surface area (Å²) in [5.74, 6) is 0.660. The van der Waals surface area contributed by atoms with Crippen molar-refractivity contribution in [2.24, 2.45) is 4.99 Å². The van der Waals surface area contributed by atoms with E-state index in [1.807, 2.05) is 6.92 Å². The lowest BCUT2D eigenvalue weighted by molar-refractivity contribution is 0.0389. The first-order chi connectivity index (χ1) is 10.3. The van der Waals surface area contributed by atoms with Crippen LogP contribution in [0.25, 0.3) is 0 Å². The van der Waals surface area contributed by atoms with Gasteiger partial charge in [-0.15, -0.1) is 0 Å². The first-order valence-corrected chi connectivity index (χ1v) is 9.67. The fraction of sp³-hybridized carbons (Fsp3) is 0.929. The predicted octanol–water partition coefficient (Wildman–Crippen LogP) is -0.303. The molecule has 0 atom stereocenters. The van der Waals surface area contributed by atoms with Crippen LogP contribution in [0.1, 0.15) is 20.8 Å². The Morgan fingerprint density at radius 2 is 1.91 bits per heavy atom. The average molecular weight is 334 g/mol. The van der Waals surface area contributed by atoms with Gasteiger partial charge in [0.1, 0.15) is 0 Å². The summed E-state index contributed by atoms with van der Waals surface area (Å²) in [5, 5.41) is 6.40. The molecule has 1 aliphatic rings. The number of nitrogens with zero attached hydrogens (tertiary/aromatic N) is 2. The third kappa shape index (κ3) is 6.50. The Kier molecular flexibility index (Phi) is 7.58. The molecule has 1 rings (SSSR count). The smallest absolute Gasteiger partial charge is 0.191 e. The Hall–Kier alpha value is -0.860. The first-order valence-electron chi connectivity index (χ1n) is 7.78. The molecule has 0 spiro atoms. The van der Waals surface area contributed by atoms with Crippen molar-refractivity contribution in [1.29, 1.82) is 0 Å². The van der Waals surface area contributed by atoms with Gasteiger partial charge >= 0.3 is 0 Å². The van der Waals surface area contributed by atoms with E-state index < -0.39 is 14.6 Å². The molecule has 8 heteroatoms. The second-order valence-electron chi connectivity index (χ2n) is 6.11. The van der Waals surface area contributed by atoms with Crippen LogP contribution in [0.5, 0.6) is 0 Å². The Balaban J connectivity index is 2.48. The van der Waals surface area contributed by atoms with Crippen LogP contribution in [0.3, 0.4) is 0 Å². The van der Waals surface area contributed by atoms with Crippen LogP contribution in [-0.2, 0) is 14.6 Å². The standard InChI is InChI=1S/C14H30N4O3S/c1-5-15-13(17-12-14(2,3)22(4,19)20)16-6-7-18-8-10-21-11-9-18/h5-12H2,1-4H3,(H2,15,16,17). The minimum Gasteiger partial charge on any atom is -0.379 e. The van der Waals surface area contributed by atoms with Gasteiger partial charge in [0.25, 0.3) is 0 Å². The second kappa shape index (κ2) is 8.69. The monoisotopic (exact) mass is 334 g/mol. The molecule has 0 saturated carbocycles. The summed E-state index contributed by atoms with van der Waals surface area (Å²) in [6, 6.07) is 0. The van der Waals surface area contributed by atoms with E-state index in [9.17, 15) is 8.42 Å². The highest BCUT2D eigenvalue weighted by Crippen LogP contribution is 2.14. The summed E-state index contributed by atoms with van der Waals surface area (Å²) in [5.41, 5.74) is 0. The molecule has 1 heterocycles. The van der Waals surface area contributed by atoms with Gasteiger partial charge in [-0.25, -0.2) is 8.42 Å². The molecule has 0 aromatic carbocycles. The van der Waals surface area contributed by atoms with Gasteiger partial charge in [0, 0.05) is 39.0 Å². The van der Waals surface area contributed by atoms with Crippen LogP contribution in [0.2, 0.25) is 0 Å². The Labute approximate surface area is 134 Å². The molecule has 1 fully saturated rings. The van der Waals surface area contributed by atoms with Crippen molar-refractivity contribution in [2.75, 3.05) is 58.7 Å². The molecule has 0 aromatic heterocycles. The highest BCUT2D eigenvalue weighted by molar-refractivity contribution is 7.92. The lowest BCUT2D eigenvalue weighted by Gasteiger charge is -2.27. The highest BCUT2D eigenvalue weighted by atomic mass is 32.2. The Bertz CT molecular complexity index is 457. The lowest BCUT2D eigenvalue weighted by atomic mass is 10.2. The normalized spacial score (nSPS) is 18.3. The SMILES string of the molecule is CCNC(=NCC(C)(C)S(C)(=O)=O)NCCN1CCOCC1.